The van der Waals surface area contributed by atoms with E-state index in [-0.39, 0.29) is 11.9 Å². The van der Waals surface area contributed by atoms with Gasteiger partial charge >= 0.3 is 6.09 Å². The lowest BCUT2D eigenvalue weighted by molar-refractivity contribution is 0.0509. The summed E-state index contributed by atoms with van der Waals surface area (Å²) in [6, 6.07) is -0.167. The average Bonchev–Trinajstić information content (AvgIpc) is 2.39. The molecule has 0 aromatic carbocycles. The Bertz CT molecular complexity index is 630. The summed E-state index contributed by atoms with van der Waals surface area (Å²) >= 11 is 6.15. The Hall–Kier alpha value is -2.13. The first-order chi connectivity index (χ1) is 10.6. The molecule has 1 heterocycles. The standard InChI is InChI=1S/C16H22ClN3O3/c1-10(20-15(21)23-16(2,3)4)7-6-8-11-9-19-14(18)13(22-5)12(11)17/h9-10H,7H2,1-5H3,(H2,18,19)(H,20,21)/t10-/m0/s1. The summed E-state index contributed by atoms with van der Waals surface area (Å²) in [5.41, 5.74) is 5.64. The van der Waals surface area contributed by atoms with E-state index < -0.39 is 11.7 Å². The second kappa shape index (κ2) is 7.93. The number of halogens is 1. The van der Waals surface area contributed by atoms with Crippen molar-refractivity contribution in [1.29, 1.82) is 0 Å². The number of amides is 1. The summed E-state index contributed by atoms with van der Waals surface area (Å²) in [5, 5.41) is 3.03. The molecule has 0 aliphatic rings. The summed E-state index contributed by atoms with van der Waals surface area (Å²) in [6.45, 7) is 7.25. The maximum absolute atomic E-state index is 11.6. The van der Waals surface area contributed by atoms with Crippen molar-refractivity contribution in [2.45, 2.75) is 45.8 Å². The molecule has 3 N–H and O–H groups in total. The highest BCUT2D eigenvalue weighted by Crippen LogP contribution is 2.31. The van der Waals surface area contributed by atoms with Crippen molar-refractivity contribution in [3.8, 4) is 17.6 Å². The van der Waals surface area contributed by atoms with Gasteiger partial charge in [-0.1, -0.05) is 23.4 Å². The van der Waals surface area contributed by atoms with Gasteiger partial charge in [0.2, 0.25) is 0 Å². The summed E-state index contributed by atoms with van der Waals surface area (Å²) in [6.07, 6.45) is 1.45. The number of carbonyl (C=O) groups excluding carboxylic acids is 1. The number of ether oxygens (including phenoxy) is 2. The molecule has 0 bridgehead atoms. The van der Waals surface area contributed by atoms with Crippen LogP contribution in [0.25, 0.3) is 0 Å². The van der Waals surface area contributed by atoms with Crippen molar-refractivity contribution in [2.75, 3.05) is 12.8 Å². The van der Waals surface area contributed by atoms with Gasteiger partial charge in [0.1, 0.15) is 10.6 Å². The first-order valence-corrected chi connectivity index (χ1v) is 7.48. The summed E-state index contributed by atoms with van der Waals surface area (Å²) in [7, 11) is 1.46. The van der Waals surface area contributed by atoms with Crippen LogP contribution in [-0.4, -0.2) is 29.8 Å². The van der Waals surface area contributed by atoms with E-state index in [1.54, 1.807) is 20.8 Å². The first kappa shape index (κ1) is 18.9. The summed E-state index contributed by atoms with van der Waals surface area (Å²) in [5.74, 6) is 6.35. The molecule has 23 heavy (non-hydrogen) atoms. The Kier molecular flexibility index (Phi) is 6.52. The molecule has 1 aromatic heterocycles. The molecule has 7 heteroatoms. The quantitative estimate of drug-likeness (QED) is 0.827. The van der Waals surface area contributed by atoms with Gasteiger partial charge in [0, 0.05) is 18.7 Å². The highest BCUT2D eigenvalue weighted by molar-refractivity contribution is 6.33. The largest absolute Gasteiger partial charge is 0.491 e. The molecular weight excluding hydrogens is 318 g/mol. The van der Waals surface area contributed by atoms with Crippen LogP contribution in [0.5, 0.6) is 5.75 Å². The van der Waals surface area contributed by atoms with Crippen LogP contribution in [0.2, 0.25) is 5.02 Å². The van der Waals surface area contributed by atoms with Crippen molar-refractivity contribution >= 4 is 23.5 Å². The number of pyridine rings is 1. The molecule has 1 aromatic rings. The highest BCUT2D eigenvalue weighted by atomic mass is 35.5. The molecule has 0 radical (unpaired) electrons. The topological polar surface area (TPSA) is 86.5 Å². The van der Waals surface area contributed by atoms with Crippen LogP contribution >= 0.6 is 11.6 Å². The van der Waals surface area contributed by atoms with Gasteiger partial charge < -0.3 is 20.5 Å². The van der Waals surface area contributed by atoms with Crippen LogP contribution in [0.15, 0.2) is 6.20 Å². The van der Waals surface area contributed by atoms with E-state index in [1.165, 1.54) is 13.3 Å². The minimum Gasteiger partial charge on any atom is -0.491 e. The van der Waals surface area contributed by atoms with Gasteiger partial charge in [-0.2, -0.15) is 0 Å². The zero-order valence-corrected chi connectivity index (χ0v) is 14.7. The van der Waals surface area contributed by atoms with Gasteiger partial charge in [-0.15, -0.1) is 0 Å². The Balaban J connectivity index is 2.66. The summed E-state index contributed by atoms with van der Waals surface area (Å²) in [4.78, 5) is 15.6. The average molecular weight is 340 g/mol. The van der Waals surface area contributed by atoms with Gasteiger partial charge in [-0.3, -0.25) is 0 Å². The van der Waals surface area contributed by atoms with Crippen molar-refractivity contribution in [2.24, 2.45) is 0 Å². The fourth-order valence-electron chi connectivity index (χ4n) is 1.62. The maximum Gasteiger partial charge on any atom is 0.407 e. The molecule has 0 spiro atoms. The number of methoxy groups -OCH3 is 1. The Morgan fingerprint density at radius 1 is 1.52 bits per heavy atom. The number of aromatic nitrogens is 1. The lowest BCUT2D eigenvalue weighted by Gasteiger charge is -2.21. The lowest BCUT2D eigenvalue weighted by atomic mass is 10.2. The Morgan fingerprint density at radius 3 is 2.74 bits per heavy atom. The number of nitrogens with zero attached hydrogens (tertiary/aromatic N) is 1. The number of nitrogens with one attached hydrogen (secondary N) is 1. The molecule has 0 unspecified atom stereocenters. The molecule has 0 fully saturated rings. The van der Waals surface area contributed by atoms with E-state index in [9.17, 15) is 4.79 Å². The number of alkyl carbamates (subject to hydrolysis) is 1. The molecule has 126 valence electrons. The predicted molar refractivity (Wildman–Crippen MR) is 90.5 cm³/mol. The van der Waals surface area contributed by atoms with Crippen LogP contribution in [0.3, 0.4) is 0 Å². The highest BCUT2D eigenvalue weighted by Gasteiger charge is 2.17. The number of carbonyl (C=O) groups is 1. The molecule has 0 saturated heterocycles. The monoisotopic (exact) mass is 339 g/mol. The van der Waals surface area contributed by atoms with E-state index in [0.29, 0.717) is 22.8 Å². The number of rotatable bonds is 3. The van der Waals surface area contributed by atoms with Crippen LogP contribution in [0.1, 0.15) is 39.7 Å². The predicted octanol–water partition coefficient (Wildman–Crippen LogP) is 2.98. The molecule has 0 aliphatic heterocycles. The number of anilines is 1. The van der Waals surface area contributed by atoms with E-state index in [2.05, 4.69) is 22.1 Å². The van der Waals surface area contributed by atoms with E-state index in [4.69, 9.17) is 26.8 Å². The van der Waals surface area contributed by atoms with Crippen LogP contribution in [0, 0.1) is 11.8 Å². The number of hydrogen-bond donors (Lipinski definition) is 2. The minimum atomic E-state index is -0.533. The molecule has 1 atom stereocenters. The fraction of sp³-hybridized carbons (Fsp3) is 0.500. The van der Waals surface area contributed by atoms with Gasteiger partial charge in [0.05, 0.1) is 12.7 Å². The van der Waals surface area contributed by atoms with E-state index in [1.807, 2.05) is 6.92 Å². The van der Waals surface area contributed by atoms with Gasteiger partial charge in [0.25, 0.3) is 0 Å². The fourth-order valence-corrected chi connectivity index (χ4v) is 1.89. The molecule has 1 rings (SSSR count). The van der Waals surface area contributed by atoms with Crippen LogP contribution in [0.4, 0.5) is 10.6 Å². The van der Waals surface area contributed by atoms with Crippen molar-refractivity contribution in [3.05, 3.63) is 16.8 Å². The lowest BCUT2D eigenvalue weighted by Crippen LogP contribution is -2.37. The SMILES string of the molecule is COc1c(N)ncc(C#CC[C@H](C)NC(=O)OC(C)(C)C)c1Cl. The van der Waals surface area contributed by atoms with E-state index in [0.717, 1.165) is 0 Å². The second-order valence-electron chi connectivity index (χ2n) is 5.96. The van der Waals surface area contributed by atoms with Crippen molar-refractivity contribution in [3.63, 3.8) is 0 Å². The Morgan fingerprint density at radius 2 is 2.17 bits per heavy atom. The molecule has 0 aliphatic carbocycles. The molecule has 1 amide bonds. The number of nitrogen functional groups attached to an aromatic ring is 1. The maximum atomic E-state index is 11.6. The second-order valence-corrected chi connectivity index (χ2v) is 6.34. The molecule has 0 saturated carbocycles. The molecule has 6 nitrogen and oxygen atoms in total. The van der Waals surface area contributed by atoms with Crippen molar-refractivity contribution < 1.29 is 14.3 Å². The number of nitrogens with two attached hydrogens (primary N) is 1. The minimum absolute atomic E-state index is 0.167. The first-order valence-electron chi connectivity index (χ1n) is 7.10. The van der Waals surface area contributed by atoms with Gasteiger partial charge in [-0.25, -0.2) is 9.78 Å². The van der Waals surface area contributed by atoms with Crippen molar-refractivity contribution in [1.82, 2.24) is 10.3 Å². The zero-order chi connectivity index (χ0) is 17.6. The van der Waals surface area contributed by atoms with Gasteiger partial charge in [0.15, 0.2) is 11.6 Å². The molecular formula is C16H22ClN3O3. The van der Waals surface area contributed by atoms with E-state index >= 15 is 0 Å². The van der Waals surface area contributed by atoms with Crippen LogP contribution < -0.4 is 15.8 Å². The smallest absolute Gasteiger partial charge is 0.407 e. The third-order valence-corrected chi connectivity index (χ3v) is 2.98. The third-order valence-electron chi connectivity index (χ3n) is 2.60. The normalized spacial score (nSPS) is 11.9. The third kappa shape index (κ3) is 6.25. The van der Waals surface area contributed by atoms with Crippen LogP contribution in [-0.2, 0) is 4.74 Å². The number of hydrogen-bond acceptors (Lipinski definition) is 5. The van der Waals surface area contributed by atoms with Gasteiger partial charge in [-0.05, 0) is 27.7 Å². The Labute approximate surface area is 141 Å². The summed E-state index contributed by atoms with van der Waals surface area (Å²) < 4.78 is 10.3. The zero-order valence-electron chi connectivity index (χ0n) is 14.0.